The molecule has 3 nitrogen and oxygen atoms in total. The Morgan fingerprint density at radius 2 is 1.50 bits per heavy atom. The summed E-state index contributed by atoms with van der Waals surface area (Å²) in [5.74, 6) is -0.940. The number of nitrogens with one attached hydrogen (secondary N) is 1. The molecule has 0 radical (unpaired) electrons. The molecule has 0 heterocycles. The van der Waals surface area contributed by atoms with Gasteiger partial charge in [0.1, 0.15) is 0 Å². The number of hydrogen-bond acceptors (Lipinski definition) is 2. The van der Waals surface area contributed by atoms with E-state index in [9.17, 15) is 4.79 Å². The molecule has 0 fully saturated rings. The van der Waals surface area contributed by atoms with Crippen molar-refractivity contribution in [2.45, 2.75) is 25.4 Å². The molecule has 0 saturated heterocycles. The number of carboxylic acids is 1. The summed E-state index contributed by atoms with van der Waals surface area (Å²) in [7, 11) is 0. The van der Waals surface area contributed by atoms with Crippen LogP contribution in [-0.2, 0) is 4.79 Å². The first-order valence-electron chi connectivity index (χ1n) is 7.35. The zero-order valence-electron chi connectivity index (χ0n) is 12.7. The molecule has 0 aliphatic carbocycles. The molecular weight excluding hydrogens is 274 g/mol. The van der Waals surface area contributed by atoms with Crippen molar-refractivity contribution in [1.29, 1.82) is 0 Å². The van der Waals surface area contributed by atoms with E-state index in [2.05, 4.69) is 36.2 Å². The van der Waals surface area contributed by atoms with Crippen LogP contribution >= 0.6 is 0 Å². The molecular formula is C19H21NO2. The van der Waals surface area contributed by atoms with E-state index in [1.807, 2.05) is 43.3 Å². The fourth-order valence-electron chi connectivity index (χ4n) is 2.48. The van der Waals surface area contributed by atoms with E-state index in [1.54, 1.807) is 0 Å². The van der Waals surface area contributed by atoms with Crippen molar-refractivity contribution in [2.75, 3.05) is 0 Å². The highest BCUT2D eigenvalue weighted by molar-refractivity contribution is 5.85. The van der Waals surface area contributed by atoms with Crippen molar-refractivity contribution in [1.82, 2.24) is 5.32 Å². The molecule has 0 aliphatic heterocycles. The molecule has 2 rings (SSSR count). The fourth-order valence-corrected chi connectivity index (χ4v) is 2.48. The maximum atomic E-state index is 10.9. The maximum Gasteiger partial charge on any atom is 0.331 e. The first-order valence-corrected chi connectivity index (χ1v) is 7.35. The van der Waals surface area contributed by atoms with E-state index in [4.69, 9.17) is 5.11 Å². The van der Waals surface area contributed by atoms with Gasteiger partial charge in [-0.15, -0.1) is 0 Å². The molecule has 1 atom stereocenters. The summed E-state index contributed by atoms with van der Waals surface area (Å²) in [5, 5.41) is 12.5. The van der Waals surface area contributed by atoms with Gasteiger partial charge in [-0.2, -0.15) is 0 Å². The van der Waals surface area contributed by atoms with Gasteiger partial charge in [0.25, 0.3) is 0 Å². The molecule has 0 spiro atoms. The van der Waals surface area contributed by atoms with Gasteiger partial charge >= 0.3 is 5.97 Å². The summed E-state index contributed by atoms with van der Waals surface area (Å²) < 4.78 is 0. The standard InChI is InChI=1S/C19H21NO2/c1-14(19(21)22)13-15(2)20-18(16-9-5-3-6-10-16)17-11-7-4-8-12-17/h3-12,15,18,20H,1,13H2,2H3,(H,21,22). The second-order valence-corrected chi connectivity index (χ2v) is 5.43. The number of hydrogen-bond donors (Lipinski definition) is 2. The van der Waals surface area contributed by atoms with E-state index in [0.717, 1.165) is 11.1 Å². The predicted molar refractivity (Wildman–Crippen MR) is 88.7 cm³/mol. The van der Waals surface area contributed by atoms with E-state index in [0.29, 0.717) is 6.42 Å². The highest BCUT2D eigenvalue weighted by Crippen LogP contribution is 2.23. The Kier molecular flexibility index (Phi) is 5.50. The summed E-state index contributed by atoms with van der Waals surface area (Å²) in [4.78, 5) is 10.9. The highest BCUT2D eigenvalue weighted by atomic mass is 16.4. The minimum absolute atomic E-state index is 0.00834. The van der Waals surface area contributed by atoms with Gasteiger partial charge in [-0.25, -0.2) is 4.79 Å². The highest BCUT2D eigenvalue weighted by Gasteiger charge is 2.18. The first-order chi connectivity index (χ1) is 10.6. The molecule has 0 aromatic heterocycles. The molecule has 0 amide bonds. The number of rotatable bonds is 7. The van der Waals surface area contributed by atoms with Crippen LogP contribution in [0.4, 0.5) is 0 Å². The SMILES string of the molecule is C=C(CC(C)NC(c1ccccc1)c1ccccc1)C(=O)O. The second-order valence-electron chi connectivity index (χ2n) is 5.43. The molecule has 0 saturated carbocycles. The van der Waals surface area contributed by atoms with E-state index >= 15 is 0 Å². The van der Waals surface area contributed by atoms with Crippen LogP contribution in [0.1, 0.15) is 30.5 Å². The smallest absolute Gasteiger partial charge is 0.331 e. The summed E-state index contributed by atoms with van der Waals surface area (Å²) in [6.45, 7) is 5.59. The Labute approximate surface area is 131 Å². The third kappa shape index (κ3) is 4.30. The number of carboxylic acid groups (broad SMARTS) is 1. The zero-order valence-corrected chi connectivity index (χ0v) is 12.7. The van der Waals surface area contributed by atoms with Gasteiger partial charge in [-0.05, 0) is 24.5 Å². The van der Waals surface area contributed by atoms with Crippen molar-refractivity contribution < 1.29 is 9.90 Å². The lowest BCUT2D eigenvalue weighted by Crippen LogP contribution is -2.32. The number of benzene rings is 2. The van der Waals surface area contributed by atoms with Gasteiger partial charge in [-0.3, -0.25) is 0 Å². The Morgan fingerprint density at radius 1 is 1.05 bits per heavy atom. The van der Waals surface area contributed by atoms with Crippen molar-refractivity contribution in [3.63, 3.8) is 0 Å². The predicted octanol–water partition coefficient (Wildman–Crippen LogP) is 3.79. The van der Waals surface area contributed by atoms with Gasteiger partial charge in [0, 0.05) is 11.6 Å². The first kappa shape index (κ1) is 16.0. The summed E-state index contributed by atoms with van der Waals surface area (Å²) in [5.41, 5.74) is 2.53. The Hall–Kier alpha value is -2.39. The molecule has 2 aromatic carbocycles. The van der Waals surface area contributed by atoms with Crippen molar-refractivity contribution in [3.8, 4) is 0 Å². The minimum atomic E-state index is -0.940. The van der Waals surface area contributed by atoms with E-state index < -0.39 is 5.97 Å². The maximum absolute atomic E-state index is 10.9. The van der Waals surface area contributed by atoms with Crippen molar-refractivity contribution >= 4 is 5.97 Å². The van der Waals surface area contributed by atoms with Crippen LogP contribution in [0.2, 0.25) is 0 Å². The van der Waals surface area contributed by atoms with Crippen LogP contribution in [0.3, 0.4) is 0 Å². The molecule has 2 aromatic rings. The van der Waals surface area contributed by atoms with Crippen molar-refractivity contribution in [2.24, 2.45) is 0 Å². The normalized spacial score (nSPS) is 12.1. The Bertz CT molecular complexity index is 583. The number of carbonyl (C=O) groups is 1. The monoisotopic (exact) mass is 295 g/mol. The van der Waals surface area contributed by atoms with Crippen LogP contribution < -0.4 is 5.32 Å². The third-order valence-electron chi connectivity index (χ3n) is 3.57. The third-order valence-corrected chi connectivity index (χ3v) is 3.57. The van der Waals surface area contributed by atoms with Crippen LogP contribution in [0.15, 0.2) is 72.8 Å². The van der Waals surface area contributed by atoms with Gasteiger partial charge in [-0.1, -0.05) is 67.2 Å². The Morgan fingerprint density at radius 3 is 1.91 bits per heavy atom. The molecule has 0 aliphatic rings. The largest absolute Gasteiger partial charge is 0.478 e. The van der Waals surface area contributed by atoms with Gasteiger partial charge in [0.2, 0.25) is 0 Å². The van der Waals surface area contributed by atoms with Crippen LogP contribution in [0.25, 0.3) is 0 Å². The van der Waals surface area contributed by atoms with Gasteiger partial charge in [0.05, 0.1) is 6.04 Å². The lowest BCUT2D eigenvalue weighted by molar-refractivity contribution is -0.132. The molecule has 3 heteroatoms. The zero-order chi connectivity index (χ0) is 15.9. The number of aliphatic carboxylic acids is 1. The van der Waals surface area contributed by atoms with E-state index in [-0.39, 0.29) is 17.7 Å². The van der Waals surface area contributed by atoms with Crippen LogP contribution in [0.5, 0.6) is 0 Å². The van der Waals surface area contributed by atoms with Crippen LogP contribution in [-0.4, -0.2) is 17.1 Å². The average molecular weight is 295 g/mol. The van der Waals surface area contributed by atoms with E-state index in [1.165, 1.54) is 0 Å². The molecule has 2 N–H and O–H groups in total. The van der Waals surface area contributed by atoms with Crippen molar-refractivity contribution in [3.05, 3.63) is 83.9 Å². The summed E-state index contributed by atoms with van der Waals surface area (Å²) >= 11 is 0. The lowest BCUT2D eigenvalue weighted by atomic mass is 9.97. The van der Waals surface area contributed by atoms with Gasteiger partial charge in [0.15, 0.2) is 0 Å². The average Bonchev–Trinajstić information content (AvgIpc) is 2.54. The summed E-state index contributed by atoms with van der Waals surface area (Å²) in [6.07, 6.45) is 0.408. The second kappa shape index (κ2) is 7.57. The fraction of sp³-hybridized carbons (Fsp3) is 0.211. The lowest BCUT2D eigenvalue weighted by Gasteiger charge is -2.24. The molecule has 114 valence electrons. The summed E-state index contributed by atoms with van der Waals surface area (Å²) in [6, 6.07) is 20.3. The molecule has 0 bridgehead atoms. The molecule has 1 unspecified atom stereocenters. The minimum Gasteiger partial charge on any atom is -0.478 e. The molecule has 22 heavy (non-hydrogen) atoms. The van der Waals surface area contributed by atoms with Crippen LogP contribution in [0, 0.1) is 0 Å². The Balaban J connectivity index is 2.19. The van der Waals surface area contributed by atoms with Gasteiger partial charge < -0.3 is 10.4 Å². The quantitative estimate of drug-likeness (QED) is 0.764. The topological polar surface area (TPSA) is 49.3 Å².